The summed E-state index contributed by atoms with van der Waals surface area (Å²) in [4.78, 5) is 0. The van der Waals surface area contributed by atoms with Crippen molar-refractivity contribution in [2.75, 3.05) is 5.12 Å². The summed E-state index contributed by atoms with van der Waals surface area (Å²) in [5.74, 6) is -0.403. The molecule has 0 aliphatic heterocycles. The van der Waals surface area contributed by atoms with Gasteiger partial charge in [-0.05, 0) is 30.3 Å². The van der Waals surface area contributed by atoms with E-state index in [0.29, 0.717) is 10.8 Å². The molecule has 0 saturated heterocycles. The van der Waals surface area contributed by atoms with Gasteiger partial charge in [-0.1, -0.05) is 17.6 Å². The third-order valence-corrected chi connectivity index (χ3v) is 1.79. The van der Waals surface area contributed by atoms with Gasteiger partial charge in [0.1, 0.15) is 5.82 Å². The molecule has 0 aromatic heterocycles. The van der Waals surface area contributed by atoms with E-state index in [4.69, 9.17) is 0 Å². The van der Waals surface area contributed by atoms with E-state index in [-0.39, 0.29) is 5.69 Å². The standard InChI is InChI=1S/C12H12F2N2/c1-3-10(2)15-8-9-16(14)12-6-4-11(13)5-7-12/h3-9,15H,1-2H2/b9-8-. The molecule has 1 aromatic carbocycles. The Balaban J connectivity index is 2.58. The van der Waals surface area contributed by atoms with Crippen molar-refractivity contribution in [1.29, 1.82) is 0 Å². The van der Waals surface area contributed by atoms with Crippen LogP contribution in [0.15, 0.2) is 61.6 Å². The fourth-order valence-electron chi connectivity index (χ4n) is 0.938. The SMILES string of the molecule is C=CC(=C)N/C=C\N(F)c1ccc(F)cc1. The Hall–Kier alpha value is -2.10. The fourth-order valence-corrected chi connectivity index (χ4v) is 0.938. The summed E-state index contributed by atoms with van der Waals surface area (Å²) >= 11 is 0. The van der Waals surface area contributed by atoms with E-state index >= 15 is 0 Å². The summed E-state index contributed by atoms with van der Waals surface area (Å²) < 4.78 is 25.9. The number of nitrogens with one attached hydrogen (secondary N) is 1. The zero-order chi connectivity index (χ0) is 12.0. The van der Waals surface area contributed by atoms with Crippen molar-refractivity contribution in [2.45, 2.75) is 0 Å². The third-order valence-electron chi connectivity index (χ3n) is 1.79. The lowest BCUT2D eigenvalue weighted by Crippen LogP contribution is -2.06. The van der Waals surface area contributed by atoms with Crippen LogP contribution in [0.3, 0.4) is 0 Å². The maximum atomic E-state index is 13.3. The molecular weight excluding hydrogens is 210 g/mol. The molecule has 0 fully saturated rings. The Bertz CT molecular complexity index is 396. The zero-order valence-electron chi connectivity index (χ0n) is 8.66. The van der Waals surface area contributed by atoms with Crippen LogP contribution in [-0.4, -0.2) is 0 Å². The molecule has 4 heteroatoms. The molecule has 0 heterocycles. The lowest BCUT2D eigenvalue weighted by Gasteiger charge is -2.08. The number of hydrogen-bond acceptors (Lipinski definition) is 2. The average Bonchev–Trinajstić information content (AvgIpc) is 2.29. The van der Waals surface area contributed by atoms with Crippen molar-refractivity contribution in [1.82, 2.24) is 5.32 Å². The summed E-state index contributed by atoms with van der Waals surface area (Å²) in [6.45, 7) is 7.06. The highest BCUT2D eigenvalue weighted by atomic mass is 19.2. The molecule has 0 amide bonds. The van der Waals surface area contributed by atoms with Gasteiger partial charge in [0.05, 0.1) is 11.9 Å². The molecule has 0 bridgehead atoms. The second-order valence-corrected chi connectivity index (χ2v) is 2.98. The van der Waals surface area contributed by atoms with Crippen LogP contribution in [0.5, 0.6) is 0 Å². The molecular formula is C12H12F2N2. The van der Waals surface area contributed by atoms with Crippen LogP contribution in [0.4, 0.5) is 14.6 Å². The van der Waals surface area contributed by atoms with Gasteiger partial charge in [-0.2, -0.15) is 5.12 Å². The zero-order valence-corrected chi connectivity index (χ0v) is 8.66. The van der Waals surface area contributed by atoms with Crippen LogP contribution in [0.25, 0.3) is 0 Å². The van der Waals surface area contributed by atoms with Crippen LogP contribution in [0, 0.1) is 5.82 Å². The number of allylic oxidation sites excluding steroid dienone is 1. The lowest BCUT2D eigenvalue weighted by atomic mass is 10.3. The number of rotatable bonds is 5. The summed E-state index contributed by atoms with van der Waals surface area (Å²) in [6.07, 6.45) is 4.03. The highest BCUT2D eigenvalue weighted by Crippen LogP contribution is 2.15. The smallest absolute Gasteiger partial charge is 0.123 e. The first-order valence-corrected chi connectivity index (χ1v) is 4.58. The minimum Gasteiger partial charge on any atom is -0.361 e. The summed E-state index contributed by atoms with van der Waals surface area (Å²) in [5, 5.41) is 3.06. The van der Waals surface area contributed by atoms with E-state index in [2.05, 4.69) is 18.5 Å². The first-order valence-electron chi connectivity index (χ1n) is 4.58. The van der Waals surface area contributed by atoms with Gasteiger partial charge in [-0.15, -0.1) is 0 Å². The van der Waals surface area contributed by atoms with Gasteiger partial charge in [0.15, 0.2) is 0 Å². The molecule has 0 aliphatic rings. The largest absolute Gasteiger partial charge is 0.361 e. The number of benzene rings is 1. The van der Waals surface area contributed by atoms with Gasteiger partial charge in [-0.25, -0.2) is 4.39 Å². The Labute approximate surface area is 93.1 Å². The number of anilines is 1. The quantitative estimate of drug-likeness (QED) is 0.607. The van der Waals surface area contributed by atoms with Gasteiger partial charge < -0.3 is 5.32 Å². The van der Waals surface area contributed by atoms with Gasteiger partial charge in [0.2, 0.25) is 0 Å². The second kappa shape index (κ2) is 5.70. The van der Waals surface area contributed by atoms with Crippen LogP contribution in [0.1, 0.15) is 0 Å². The molecule has 16 heavy (non-hydrogen) atoms. The summed E-state index contributed by atoms with van der Waals surface area (Å²) in [6, 6.07) is 5.04. The molecule has 1 rings (SSSR count). The van der Waals surface area contributed by atoms with Crippen molar-refractivity contribution >= 4 is 5.69 Å². The molecule has 1 N–H and O–H groups in total. The first-order chi connectivity index (χ1) is 7.63. The number of nitrogens with zero attached hydrogens (tertiary/aromatic N) is 1. The maximum absolute atomic E-state index is 13.3. The highest BCUT2D eigenvalue weighted by molar-refractivity contribution is 5.45. The van der Waals surface area contributed by atoms with Gasteiger partial charge >= 0.3 is 0 Å². The van der Waals surface area contributed by atoms with Crippen LogP contribution >= 0.6 is 0 Å². The van der Waals surface area contributed by atoms with Crippen LogP contribution < -0.4 is 10.4 Å². The van der Waals surface area contributed by atoms with Crippen molar-refractivity contribution in [3.63, 3.8) is 0 Å². The van der Waals surface area contributed by atoms with Crippen molar-refractivity contribution in [2.24, 2.45) is 0 Å². The molecule has 0 spiro atoms. The van der Waals surface area contributed by atoms with E-state index in [1.165, 1.54) is 36.5 Å². The highest BCUT2D eigenvalue weighted by Gasteiger charge is 2.00. The normalized spacial score (nSPS) is 10.1. The lowest BCUT2D eigenvalue weighted by molar-refractivity contribution is 0.497. The van der Waals surface area contributed by atoms with Crippen molar-refractivity contribution < 1.29 is 8.87 Å². The minimum atomic E-state index is -0.403. The van der Waals surface area contributed by atoms with E-state index in [0.717, 1.165) is 6.20 Å². The Morgan fingerprint density at radius 3 is 2.50 bits per heavy atom. The van der Waals surface area contributed by atoms with Crippen LogP contribution in [-0.2, 0) is 0 Å². The molecule has 0 aliphatic carbocycles. The average molecular weight is 222 g/mol. The molecule has 0 atom stereocenters. The Morgan fingerprint density at radius 2 is 1.94 bits per heavy atom. The maximum Gasteiger partial charge on any atom is 0.123 e. The predicted molar refractivity (Wildman–Crippen MR) is 61.6 cm³/mol. The van der Waals surface area contributed by atoms with Crippen LogP contribution in [0.2, 0.25) is 0 Å². The van der Waals surface area contributed by atoms with Crippen molar-refractivity contribution in [3.8, 4) is 0 Å². The molecule has 0 unspecified atom stereocenters. The Kier molecular flexibility index (Phi) is 4.27. The van der Waals surface area contributed by atoms with E-state index in [9.17, 15) is 8.87 Å². The topological polar surface area (TPSA) is 15.3 Å². The van der Waals surface area contributed by atoms with Crippen molar-refractivity contribution in [3.05, 3.63) is 67.4 Å². The van der Waals surface area contributed by atoms with E-state index in [1.807, 2.05) is 0 Å². The van der Waals surface area contributed by atoms with Gasteiger partial charge in [0.25, 0.3) is 0 Å². The van der Waals surface area contributed by atoms with Gasteiger partial charge in [0, 0.05) is 11.9 Å². The fraction of sp³-hybridized carbons (Fsp3) is 0. The van der Waals surface area contributed by atoms with E-state index < -0.39 is 5.82 Å². The molecule has 1 aromatic rings. The minimum absolute atomic E-state index is 0.240. The monoisotopic (exact) mass is 222 g/mol. The number of hydrogen-bond donors (Lipinski definition) is 1. The summed E-state index contributed by atoms with van der Waals surface area (Å²) in [5.41, 5.74) is 0.799. The second-order valence-electron chi connectivity index (χ2n) is 2.98. The number of halogens is 2. The third kappa shape index (κ3) is 3.57. The summed E-state index contributed by atoms with van der Waals surface area (Å²) in [7, 11) is 0. The molecule has 2 nitrogen and oxygen atoms in total. The van der Waals surface area contributed by atoms with Gasteiger partial charge in [-0.3, -0.25) is 0 Å². The molecule has 0 radical (unpaired) electrons. The molecule has 0 saturated carbocycles. The predicted octanol–water partition coefficient (Wildman–Crippen LogP) is 3.28. The molecule has 84 valence electrons. The first kappa shape index (κ1) is 12.0. The van der Waals surface area contributed by atoms with E-state index in [1.54, 1.807) is 0 Å². The Morgan fingerprint density at radius 1 is 1.31 bits per heavy atom.